The van der Waals surface area contributed by atoms with Crippen molar-refractivity contribution in [1.82, 2.24) is 10.3 Å². The normalized spacial score (nSPS) is 13.4. The summed E-state index contributed by atoms with van der Waals surface area (Å²) in [6, 6.07) is 17.2. The lowest BCUT2D eigenvalue weighted by Crippen LogP contribution is -2.39. The maximum atomic E-state index is 13.3. The molecule has 1 aliphatic heterocycles. The van der Waals surface area contributed by atoms with Gasteiger partial charge in [0.25, 0.3) is 5.91 Å². The molecular formula is C25H21N3O3S. The summed E-state index contributed by atoms with van der Waals surface area (Å²) in [5.74, 6) is 0.327. The summed E-state index contributed by atoms with van der Waals surface area (Å²) < 4.78 is 5.77. The molecule has 0 bridgehead atoms. The number of para-hydroxylation sites is 1. The SMILES string of the molecule is N#Cc1ccc(-c2cc3c(c(C(=O)N[C@@H](CO)Cc4c[nH]c5ccccc45)c2)OCC3)s1. The van der Waals surface area contributed by atoms with E-state index in [1.165, 1.54) is 11.3 Å². The highest BCUT2D eigenvalue weighted by atomic mass is 32.1. The molecule has 0 fully saturated rings. The van der Waals surface area contributed by atoms with Crippen molar-refractivity contribution in [2.75, 3.05) is 13.2 Å². The number of aliphatic hydroxyl groups excluding tert-OH is 1. The molecule has 160 valence electrons. The first kappa shape index (κ1) is 20.3. The summed E-state index contributed by atoms with van der Waals surface area (Å²) in [6.45, 7) is 0.357. The molecule has 0 spiro atoms. The molecule has 5 rings (SSSR count). The van der Waals surface area contributed by atoms with Crippen molar-refractivity contribution in [1.29, 1.82) is 5.26 Å². The first-order valence-electron chi connectivity index (χ1n) is 10.4. The molecule has 0 saturated heterocycles. The predicted octanol–water partition coefficient (Wildman–Crippen LogP) is 4.04. The lowest BCUT2D eigenvalue weighted by atomic mass is 10.0. The van der Waals surface area contributed by atoms with E-state index < -0.39 is 6.04 Å². The summed E-state index contributed by atoms with van der Waals surface area (Å²) in [7, 11) is 0. The molecular weight excluding hydrogens is 422 g/mol. The third-order valence-corrected chi connectivity index (χ3v) is 6.76. The zero-order valence-corrected chi connectivity index (χ0v) is 18.0. The largest absolute Gasteiger partial charge is 0.492 e. The minimum Gasteiger partial charge on any atom is -0.492 e. The van der Waals surface area contributed by atoms with Crippen molar-refractivity contribution in [3.8, 4) is 22.3 Å². The first-order valence-corrected chi connectivity index (χ1v) is 11.2. The second kappa shape index (κ2) is 8.50. The quantitative estimate of drug-likeness (QED) is 0.419. The van der Waals surface area contributed by atoms with Crippen molar-refractivity contribution in [2.24, 2.45) is 0 Å². The summed E-state index contributed by atoms with van der Waals surface area (Å²) in [5, 5.41) is 23.2. The Kier molecular flexibility index (Phi) is 5.39. The standard InChI is InChI=1S/C25H21N3O3S/c26-12-19-5-6-23(32-19)16-9-15-7-8-31-24(15)21(11-16)25(30)28-18(14-29)10-17-13-27-22-4-2-1-3-20(17)22/h1-6,9,11,13,18,27,29H,7-8,10,14H2,(H,28,30)/t18-/m1/s1. The number of aromatic nitrogens is 1. The van der Waals surface area contributed by atoms with Crippen LogP contribution in [0.1, 0.15) is 26.4 Å². The molecule has 6 nitrogen and oxygen atoms in total. The smallest absolute Gasteiger partial charge is 0.255 e. The fraction of sp³-hybridized carbons (Fsp3) is 0.200. The van der Waals surface area contributed by atoms with Crippen LogP contribution in [0.2, 0.25) is 0 Å². The Labute approximate surface area is 189 Å². The highest BCUT2D eigenvalue weighted by Crippen LogP contribution is 2.37. The minimum absolute atomic E-state index is 0.176. The van der Waals surface area contributed by atoms with Gasteiger partial charge < -0.3 is 20.1 Å². The van der Waals surface area contributed by atoms with Gasteiger partial charge >= 0.3 is 0 Å². The Bertz CT molecular complexity index is 1350. The Hall–Kier alpha value is -3.60. The molecule has 0 radical (unpaired) electrons. The van der Waals surface area contributed by atoms with Gasteiger partial charge in [-0.2, -0.15) is 5.26 Å². The monoisotopic (exact) mass is 443 g/mol. The molecule has 1 aliphatic rings. The van der Waals surface area contributed by atoms with Crippen LogP contribution in [0.15, 0.2) is 54.7 Å². The number of thiophene rings is 1. The Morgan fingerprint density at radius 3 is 2.97 bits per heavy atom. The number of H-pyrrole nitrogens is 1. The predicted molar refractivity (Wildman–Crippen MR) is 124 cm³/mol. The maximum absolute atomic E-state index is 13.3. The van der Waals surface area contributed by atoms with E-state index in [-0.39, 0.29) is 12.5 Å². The van der Waals surface area contributed by atoms with Crippen molar-refractivity contribution in [2.45, 2.75) is 18.9 Å². The Morgan fingerprint density at radius 1 is 1.28 bits per heavy atom. The van der Waals surface area contributed by atoms with Crippen LogP contribution in [0.25, 0.3) is 21.3 Å². The number of fused-ring (bicyclic) bond motifs is 2. The van der Waals surface area contributed by atoms with Gasteiger partial charge in [0.2, 0.25) is 0 Å². The molecule has 32 heavy (non-hydrogen) atoms. The second-order valence-corrected chi connectivity index (χ2v) is 8.89. The number of hydrogen-bond acceptors (Lipinski definition) is 5. The van der Waals surface area contributed by atoms with E-state index in [1.807, 2.05) is 48.7 Å². The summed E-state index contributed by atoms with van der Waals surface area (Å²) in [6.07, 6.45) is 3.16. The van der Waals surface area contributed by atoms with Gasteiger partial charge in [0.05, 0.1) is 24.8 Å². The second-order valence-electron chi connectivity index (χ2n) is 7.80. The fourth-order valence-corrected chi connectivity index (χ4v) is 4.95. The lowest BCUT2D eigenvalue weighted by molar-refractivity contribution is 0.0913. The molecule has 7 heteroatoms. The third-order valence-electron chi connectivity index (χ3n) is 5.73. The van der Waals surface area contributed by atoms with Crippen molar-refractivity contribution < 1.29 is 14.6 Å². The Morgan fingerprint density at radius 2 is 2.16 bits per heavy atom. The van der Waals surface area contributed by atoms with Crippen LogP contribution in [0, 0.1) is 11.3 Å². The summed E-state index contributed by atoms with van der Waals surface area (Å²) >= 11 is 1.40. The first-order chi connectivity index (χ1) is 15.7. The van der Waals surface area contributed by atoms with Gasteiger partial charge in [-0.05, 0) is 53.4 Å². The molecule has 1 atom stereocenters. The molecule has 0 unspecified atom stereocenters. The highest BCUT2D eigenvalue weighted by molar-refractivity contribution is 7.16. The molecule has 0 aliphatic carbocycles. The number of nitriles is 1. The molecule has 3 N–H and O–H groups in total. The van der Waals surface area contributed by atoms with Crippen molar-refractivity contribution in [3.63, 3.8) is 0 Å². The highest BCUT2D eigenvalue weighted by Gasteiger charge is 2.25. The zero-order chi connectivity index (χ0) is 22.1. The van der Waals surface area contributed by atoms with E-state index in [0.717, 1.165) is 38.9 Å². The zero-order valence-electron chi connectivity index (χ0n) is 17.2. The van der Waals surface area contributed by atoms with Crippen LogP contribution in [0.5, 0.6) is 5.75 Å². The Balaban J connectivity index is 1.42. The average Bonchev–Trinajstić information content (AvgIpc) is 3.57. The topological polar surface area (TPSA) is 98.1 Å². The van der Waals surface area contributed by atoms with Gasteiger partial charge in [0, 0.05) is 28.4 Å². The van der Waals surface area contributed by atoms with Crippen LogP contribution in [0.4, 0.5) is 0 Å². The fourth-order valence-electron chi connectivity index (χ4n) is 4.16. The number of nitrogens with zero attached hydrogens (tertiary/aromatic N) is 1. The number of aromatic amines is 1. The van der Waals surface area contributed by atoms with Gasteiger partial charge in [0.1, 0.15) is 16.7 Å². The number of rotatable bonds is 6. The van der Waals surface area contributed by atoms with E-state index in [0.29, 0.717) is 29.2 Å². The summed E-state index contributed by atoms with van der Waals surface area (Å²) in [5.41, 5.74) is 4.40. The van der Waals surface area contributed by atoms with Crippen LogP contribution in [0.3, 0.4) is 0 Å². The number of carbonyl (C=O) groups is 1. The molecule has 2 aromatic carbocycles. The van der Waals surface area contributed by atoms with E-state index in [1.54, 1.807) is 6.07 Å². The number of ether oxygens (including phenoxy) is 1. The van der Waals surface area contributed by atoms with Gasteiger partial charge in [0.15, 0.2) is 0 Å². The number of aliphatic hydroxyl groups is 1. The molecule has 0 saturated carbocycles. The molecule has 2 aromatic heterocycles. The molecule has 1 amide bonds. The lowest BCUT2D eigenvalue weighted by Gasteiger charge is -2.18. The average molecular weight is 444 g/mol. The van der Waals surface area contributed by atoms with Gasteiger partial charge in [-0.1, -0.05) is 18.2 Å². The maximum Gasteiger partial charge on any atom is 0.255 e. The van der Waals surface area contributed by atoms with Gasteiger partial charge in [-0.3, -0.25) is 4.79 Å². The van der Waals surface area contributed by atoms with Crippen molar-refractivity contribution in [3.05, 3.63) is 76.3 Å². The van der Waals surface area contributed by atoms with Crippen LogP contribution >= 0.6 is 11.3 Å². The van der Waals surface area contributed by atoms with Gasteiger partial charge in [-0.15, -0.1) is 11.3 Å². The minimum atomic E-state index is -0.436. The van der Waals surface area contributed by atoms with Gasteiger partial charge in [-0.25, -0.2) is 0 Å². The number of benzene rings is 2. The van der Waals surface area contributed by atoms with E-state index >= 15 is 0 Å². The third kappa shape index (κ3) is 3.75. The van der Waals surface area contributed by atoms with Crippen molar-refractivity contribution >= 4 is 28.1 Å². The van der Waals surface area contributed by atoms with Crippen LogP contribution in [-0.4, -0.2) is 35.3 Å². The van der Waals surface area contributed by atoms with E-state index in [9.17, 15) is 9.90 Å². The molecule has 4 aromatic rings. The number of carbonyl (C=O) groups excluding carboxylic acids is 1. The van der Waals surface area contributed by atoms with E-state index in [2.05, 4.69) is 16.4 Å². The number of amides is 1. The van der Waals surface area contributed by atoms with Crippen LogP contribution < -0.4 is 10.1 Å². The van der Waals surface area contributed by atoms with E-state index in [4.69, 9.17) is 10.00 Å². The summed E-state index contributed by atoms with van der Waals surface area (Å²) in [4.78, 5) is 18.0. The number of hydrogen-bond donors (Lipinski definition) is 3. The number of nitrogens with one attached hydrogen (secondary N) is 2. The van der Waals surface area contributed by atoms with Crippen LogP contribution in [-0.2, 0) is 12.8 Å². The molecule has 3 heterocycles.